The highest BCUT2D eigenvalue weighted by molar-refractivity contribution is 5.94. The molecular formula is C15H19N5O2. The van der Waals surface area contributed by atoms with Crippen molar-refractivity contribution in [1.82, 2.24) is 24.6 Å². The minimum Gasteiger partial charge on any atom is -0.374 e. The molecule has 1 amide bonds. The number of hydrogen-bond donors (Lipinski definition) is 0. The molecule has 116 valence electrons. The number of carbonyl (C=O) groups is 1. The molecule has 7 nitrogen and oxygen atoms in total. The number of ether oxygens (including phenoxy) is 1. The number of carbonyl (C=O) groups excluding carboxylic acids is 1. The van der Waals surface area contributed by atoms with Gasteiger partial charge in [-0.1, -0.05) is 0 Å². The second-order valence-electron chi connectivity index (χ2n) is 5.18. The van der Waals surface area contributed by atoms with Crippen LogP contribution in [0.3, 0.4) is 0 Å². The van der Waals surface area contributed by atoms with Crippen molar-refractivity contribution in [3.63, 3.8) is 0 Å². The molecule has 0 spiro atoms. The average molecular weight is 301 g/mol. The first-order chi connectivity index (χ1) is 10.7. The number of pyridine rings is 1. The Labute approximate surface area is 128 Å². The van der Waals surface area contributed by atoms with E-state index in [0.29, 0.717) is 31.9 Å². The van der Waals surface area contributed by atoms with Crippen molar-refractivity contribution in [3.05, 3.63) is 41.7 Å². The lowest BCUT2D eigenvalue weighted by Crippen LogP contribution is -2.41. The minimum absolute atomic E-state index is 0.0267. The summed E-state index contributed by atoms with van der Waals surface area (Å²) in [6, 6.07) is 3.43. The van der Waals surface area contributed by atoms with Crippen LogP contribution < -0.4 is 0 Å². The lowest BCUT2D eigenvalue weighted by atomic mass is 10.1. The maximum atomic E-state index is 12.6. The zero-order valence-corrected chi connectivity index (χ0v) is 12.8. The molecule has 0 radical (unpaired) electrons. The second kappa shape index (κ2) is 6.23. The normalized spacial score (nSPS) is 17.4. The van der Waals surface area contributed by atoms with Gasteiger partial charge >= 0.3 is 0 Å². The van der Waals surface area contributed by atoms with E-state index in [4.69, 9.17) is 4.74 Å². The molecule has 1 atom stereocenters. The van der Waals surface area contributed by atoms with Crippen LogP contribution >= 0.6 is 0 Å². The van der Waals surface area contributed by atoms with Crippen LogP contribution in [-0.2, 0) is 17.9 Å². The van der Waals surface area contributed by atoms with Gasteiger partial charge in [0.15, 0.2) is 11.6 Å². The summed E-state index contributed by atoms with van der Waals surface area (Å²) < 4.78 is 7.46. The Morgan fingerprint density at radius 1 is 1.41 bits per heavy atom. The van der Waals surface area contributed by atoms with E-state index in [1.54, 1.807) is 24.5 Å². The lowest BCUT2D eigenvalue weighted by molar-refractivity contribution is 0.0629. The zero-order valence-electron chi connectivity index (χ0n) is 12.8. The van der Waals surface area contributed by atoms with E-state index in [1.165, 1.54) is 0 Å². The number of amides is 1. The summed E-state index contributed by atoms with van der Waals surface area (Å²) in [5.41, 5.74) is 0.594. The van der Waals surface area contributed by atoms with Gasteiger partial charge in [0.2, 0.25) is 0 Å². The highest BCUT2D eigenvalue weighted by atomic mass is 16.5. The van der Waals surface area contributed by atoms with Crippen LogP contribution in [0.25, 0.3) is 0 Å². The molecule has 3 heterocycles. The van der Waals surface area contributed by atoms with Gasteiger partial charge in [-0.15, -0.1) is 10.2 Å². The molecule has 0 aliphatic carbocycles. The standard InChI is InChI=1S/C15H19N5O2/c1-3-22-10-13-17-18-14-11(2)19(7-8-20(13)14)15(21)12-5-4-6-16-9-12/h4-6,9,11H,3,7-8,10H2,1-2H3/t11-/m1/s1. The predicted molar refractivity (Wildman–Crippen MR) is 79.0 cm³/mol. The van der Waals surface area contributed by atoms with Crippen molar-refractivity contribution in [2.75, 3.05) is 13.2 Å². The summed E-state index contributed by atoms with van der Waals surface area (Å²) in [4.78, 5) is 18.4. The minimum atomic E-state index is -0.121. The quantitative estimate of drug-likeness (QED) is 0.854. The summed E-state index contributed by atoms with van der Waals surface area (Å²) in [6.45, 7) is 6.32. The van der Waals surface area contributed by atoms with Gasteiger partial charge in [-0.2, -0.15) is 0 Å². The van der Waals surface area contributed by atoms with E-state index < -0.39 is 0 Å². The van der Waals surface area contributed by atoms with Gasteiger partial charge in [-0.3, -0.25) is 9.78 Å². The Morgan fingerprint density at radius 3 is 3.00 bits per heavy atom. The van der Waals surface area contributed by atoms with E-state index in [2.05, 4.69) is 15.2 Å². The van der Waals surface area contributed by atoms with Crippen LogP contribution in [0.15, 0.2) is 24.5 Å². The van der Waals surface area contributed by atoms with Gasteiger partial charge in [0.25, 0.3) is 5.91 Å². The van der Waals surface area contributed by atoms with Crippen LogP contribution in [0, 0.1) is 0 Å². The largest absolute Gasteiger partial charge is 0.374 e. The van der Waals surface area contributed by atoms with Gasteiger partial charge in [0.1, 0.15) is 6.61 Å². The average Bonchev–Trinajstić information content (AvgIpc) is 2.97. The van der Waals surface area contributed by atoms with Gasteiger partial charge in [-0.05, 0) is 26.0 Å². The number of hydrogen-bond acceptors (Lipinski definition) is 5. The topological polar surface area (TPSA) is 73.1 Å². The number of nitrogens with zero attached hydrogens (tertiary/aromatic N) is 5. The molecule has 0 bridgehead atoms. The molecule has 22 heavy (non-hydrogen) atoms. The maximum absolute atomic E-state index is 12.6. The predicted octanol–water partition coefficient (Wildman–Crippen LogP) is 1.43. The molecule has 0 N–H and O–H groups in total. The van der Waals surface area contributed by atoms with E-state index in [9.17, 15) is 4.79 Å². The van der Waals surface area contributed by atoms with Gasteiger partial charge < -0.3 is 14.2 Å². The molecule has 0 unspecified atom stereocenters. The van der Waals surface area contributed by atoms with Crippen molar-refractivity contribution < 1.29 is 9.53 Å². The van der Waals surface area contributed by atoms with E-state index in [0.717, 1.165) is 11.6 Å². The molecular weight excluding hydrogens is 282 g/mol. The Kier molecular flexibility index (Phi) is 4.15. The molecule has 0 aromatic carbocycles. The maximum Gasteiger partial charge on any atom is 0.256 e. The highest BCUT2D eigenvalue weighted by Gasteiger charge is 2.31. The van der Waals surface area contributed by atoms with Gasteiger partial charge in [-0.25, -0.2) is 0 Å². The Bertz CT molecular complexity index is 655. The molecule has 0 saturated carbocycles. The van der Waals surface area contributed by atoms with Crippen LogP contribution in [0.5, 0.6) is 0 Å². The monoisotopic (exact) mass is 301 g/mol. The number of aromatic nitrogens is 4. The summed E-state index contributed by atoms with van der Waals surface area (Å²) >= 11 is 0. The Hall–Kier alpha value is -2.28. The molecule has 7 heteroatoms. The molecule has 3 rings (SSSR count). The van der Waals surface area contributed by atoms with Gasteiger partial charge in [0.05, 0.1) is 11.6 Å². The summed E-state index contributed by atoms with van der Waals surface area (Å²) in [6.07, 6.45) is 3.25. The van der Waals surface area contributed by atoms with E-state index in [1.807, 2.05) is 23.3 Å². The Morgan fingerprint density at radius 2 is 2.27 bits per heavy atom. The van der Waals surface area contributed by atoms with Crippen LogP contribution in [-0.4, -0.2) is 43.7 Å². The van der Waals surface area contributed by atoms with Gasteiger partial charge in [0, 0.05) is 32.1 Å². The van der Waals surface area contributed by atoms with Crippen molar-refractivity contribution in [2.24, 2.45) is 0 Å². The van der Waals surface area contributed by atoms with Crippen molar-refractivity contribution in [3.8, 4) is 0 Å². The summed E-state index contributed by atoms with van der Waals surface area (Å²) in [7, 11) is 0. The SMILES string of the molecule is CCOCc1nnc2n1CCN(C(=O)c1cccnc1)[C@@H]2C. The fraction of sp³-hybridized carbons (Fsp3) is 0.467. The Balaban J connectivity index is 1.81. The van der Waals surface area contributed by atoms with Crippen LogP contribution in [0.2, 0.25) is 0 Å². The van der Waals surface area contributed by atoms with Crippen molar-refractivity contribution in [1.29, 1.82) is 0 Å². The fourth-order valence-electron chi connectivity index (χ4n) is 2.68. The van der Waals surface area contributed by atoms with Crippen LogP contribution in [0.1, 0.15) is 41.9 Å². The first kappa shape index (κ1) is 14.6. The molecule has 2 aromatic heterocycles. The van der Waals surface area contributed by atoms with Crippen molar-refractivity contribution >= 4 is 5.91 Å². The second-order valence-corrected chi connectivity index (χ2v) is 5.18. The third kappa shape index (κ3) is 2.59. The smallest absolute Gasteiger partial charge is 0.256 e. The molecule has 1 aliphatic rings. The van der Waals surface area contributed by atoms with Crippen molar-refractivity contribution in [2.45, 2.75) is 33.0 Å². The van der Waals surface area contributed by atoms with E-state index in [-0.39, 0.29) is 11.9 Å². The summed E-state index contributed by atoms with van der Waals surface area (Å²) in [5.74, 6) is 1.59. The number of fused-ring (bicyclic) bond motifs is 1. The molecule has 0 fully saturated rings. The zero-order chi connectivity index (χ0) is 15.5. The molecule has 0 saturated heterocycles. The number of rotatable bonds is 4. The third-order valence-electron chi connectivity index (χ3n) is 3.87. The molecule has 1 aliphatic heterocycles. The van der Waals surface area contributed by atoms with E-state index >= 15 is 0 Å². The highest BCUT2D eigenvalue weighted by Crippen LogP contribution is 2.26. The lowest BCUT2D eigenvalue weighted by Gasteiger charge is -2.33. The summed E-state index contributed by atoms with van der Waals surface area (Å²) in [5, 5.41) is 8.43. The van der Waals surface area contributed by atoms with Crippen LogP contribution in [0.4, 0.5) is 0 Å². The third-order valence-corrected chi connectivity index (χ3v) is 3.87. The fourth-order valence-corrected chi connectivity index (χ4v) is 2.68. The first-order valence-corrected chi connectivity index (χ1v) is 7.43. The molecule has 2 aromatic rings. The first-order valence-electron chi connectivity index (χ1n) is 7.43.